The topological polar surface area (TPSA) is 138 Å². The number of benzene rings is 1. The molecule has 3 aliphatic rings. The lowest BCUT2D eigenvalue weighted by Crippen LogP contribution is -2.48. The average Bonchev–Trinajstić information content (AvgIpc) is 3.72. The second kappa shape index (κ2) is 13.8. The summed E-state index contributed by atoms with van der Waals surface area (Å²) in [5, 5.41) is 6.99. The van der Waals surface area contributed by atoms with E-state index in [0.29, 0.717) is 24.5 Å². The number of likely N-dealkylation sites (tertiary alicyclic amines) is 1. The number of H-pyrrole nitrogens is 1. The molecule has 1 aromatic carbocycles. The van der Waals surface area contributed by atoms with Crippen molar-refractivity contribution < 1.29 is 19.1 Å². The number of aromatic amines is 1. The maximum Gasteiger partial charge on any atom is 0.407 e. The van der Waals surface area contributed by atoms with Gasteiger partial charge >= 0.3 is 6.09 Å². The standard InChI is InChI=1S/C37H46N8O4/c1-36(2,3)49-35(47)42-28-6-4-16-44(23-28)22-25-11-15-38-31(20-25)34(46)41-27-9-7-26(8-10-27)30-21-29-32(43-30)39-24-40-33(29)45-17-13-37(14-18-45)12-5-19-48-37/h7-11,15,20-21,24,28H,4-6,12-14,16-19,22-23H2,1-3H3,(H,41,46)(H,42,47)(H,39,40,43)/t28-/m1/s1. The lowest BCUT2D eigenvalue weighted by Gasteiger charge is -2.39. The van der Waals surface area contributed by atoms with Crippen molar-refractivity contribution in [3.8, 4) is 11.3 Å². The maximum absolute atomic E-state index is 13.2. The predicted octanol–water partition coefficient (Wildman–Crippen LogP) is 5.91. The highest BCUT2D eigenvalue weighted by Crippen LogP contribution is 2.38. The van der Waals surface area contributed by atoms with Crippen molar-refractivity contribution >= 4 is 34.5 Å². The minimum Gasteiger partial charge on any atom is -0.444 e. The van der Waals surface area contributed by atoms with Crippen LogP contribution in [0.4, 0.5) is 16.3 Å². The Morgan fingerprint density at radius 1 is 1.02 bits per heavy atom. The molecule has 1 spiro atoms. The summed E-state index contributed by atoms with van der Waals surface area (Å²) in [6, 6.07) is 13.7. The number of nitrogens with one attached hydrogen (secondary N) is 3. The van der Waals surface area contributed by atoms with Gasteiger partial charge in [-0.15, -0.1) is 0 Å². The second-order valence-electron chi connectivity index (χ2n) is 14.6. The lowest BCUT2D eigenvalue weighted by molar-refractivity contribution is -0.0146. The number of aromatic nitrogens is 4. The number of carbonyl (C=O) groups excluding carboxylic acids is 2. The molecule has 12 heteroatoms. The van der Waals surface area contributed by atoms with Crippen LogP contribution in [0.15, 0.2) is 55.0 Å². The summed E-state index contributed by atoms with van der Waals surface area (Å²) in [5.41, 5.74) is 4.29. The highest BCUT2D eigenvalue weighted by Gasteiger charge is 2.39. The van der Waals surface area contributed by atoms with E-state index in [-0.39, 0.29) is 23.6 Å². The molecular formula is C37H46N8O4. The summed E-state index contributed by atoms with van der Waals surface area (Å²) >= 11 is 0. The molecule has 258 valence electrons. The summed E-state index contributed by atoms with van der Waals surface area (Å²) in [6.45, 7) is 10.6. The van der Waals surface area contributed by atoms with Gasteiger partial charge in [-0.2, -0.15) is 0 Å². The molecule has 0 saturated carbocycles. The lowest BCUT2D eigenvalue weighted by atomic mass is 9.88. The molecule has 1 atom stereocenters. The van der Waals surface area contributed by atoms with E-state index in [4.69, 9.17) is 9.47 Å². The number of amides is 2. The monoisotopic (exact) mass is 666 g/mol. The van der Waals surface area contributed by atoms with Crippen LogP contribution in [-0.2, 0) is 16.0 Å². The van der Waals surface area contributed by atoms with Crippen LogP contribution in [0.25, 0.3) is 22.3 Å². The molecule has 12 nitrogen and oxygen atoms in total. The Kier molecular flexibility index (Phi) is 9.25. The van der Waals surface area contributed by atoms with Gasteiger partial charge in [0.25, 0.3) is 5.91 Å². The average molecular weight is 667 g/mol. The Morgan fingerprint density at radius 3 is 2.59 bits per heavy atom. The number of rotatable bonds is 7. The van der Waals surface area contributed by atoms with E-state index in [1.54, 1.807) is 12.5 Å². The molecule has 49 heavy (non-hydrogen) atoms. The van der Waals surface area contributed by atoms with Crippen LogP contribution < -0.4 is 15.5 Å². The molecule has 7 rings (SSSR count). The quantitative estimate of drug-likeness (QED) is 0.220. The highest BCUT2D eigenvalue weighted by atomic mass is 16.6. The van der Waals surface area contributed by atoms with Gasteiger partial charge in [0.05, 0.1) is 11.0 Å². The van der Waals surface area contributed by atoms with Gasteiger partial charge in [-0.05, 0) is 107 Å². The molecule has 3 saturated heterocycles. The molecule has 3 aromatic heterocycles. The molecule has 0 bridgehead atoms. The van der Waals surface area contributed by atoms with Crippen molar-refractivity contribution in [2.24, 2.45) is 0 Å². The summed E-state index contributed by atoms with van der Waals surface area (Å²) < 4.78 is 11.6. The number of hydrogen-bond acceptors (Lipinski definition) is 9. The molecule has 0 radical (unpaired) electrons. The number of alkyl carbamates (subject to hydrolysis) is 1. The van der Waals surface area contributed by atoms with Crippen LogP contribution in [-0.4, -0.2) is 86.9 Å². The Labute approximate surface area is 287 Å². The van der Waals surface area contributed by atoms with Gasteiger partial charge in [0.15, 0.2) is 0 Å². The number of ether oxygens (including phenoxy) is 2. The van der Waals surface area contributed by atoms with Crippen LogP contribution in [0.2, 0.25) is 0 Å². The van der Waals surface area contributed by atoms with Crippen molar-refractivity contribution in [2.75, 3.05) is 43.0 Å². The van der Waals surface area contributed by atoms with Gasteiger partial charge in [0, 0.05) is 56.4 Å². The third kappa shape index (κ3) is 7.86. The number of carbonyl (C=O) groups is 2. The number of hydrogen-bond donors (Lipinski definition) is 3. The van der Waals surface area contributed by atoms with Crippen LogP contribution in [0.3, 0.4) is 0 Å². The van der Waals surface area contributed by atoms with E-state index in [0.717, 1.165) is 98.4 Å². The van der Waals surface area contributed by atoms with Gasteiger partial charge in [-0.1, -0.05) is 12.1 Å². The predicted molar refractivity (Wildman–Crippen MR) is 189 cm³/mol. The van der Waals surface area contributed by atoms with Crippen LogP contribution in [0, 0.1) is 0 Å². The summed E-state index contributed by atoms with van der Waals surface area (Å²) in [5.74, 6) is 0.686. The minimum atomic E-state index is -0.533. The normalized spacial score (nSPS) is 19.7. The zero-order valence-electron chi connectivity index (χ0n) is 28.6. The fourth-order valence-electron chi connectivity index (χ4n) is 7.28. The zero-order chi connectivity index (χ0) is 34.0. The maximum atomic E-state index is 13.2. The smallest absolute Gasteiger partial charge is 0.407 e. The zero-order valence-corrected chi connectivity index (χ0v) is 28.6. The minimum absolute atomic E-state index is 0.0184. The van der Waals surface area contributed by atoms with Crippen LogP contribution >= 0.6 is 0 Å². The Balaban J connectivity index is 0.960. The van der Waals surface area contributed by atoms with Gasteiger partial charge in [0.2, 0.25) is 0 Å². The first-order chi connectivity index (χ1) is 23.6. The van der Waals surface area contributed by atoms with Gasteiger partial charge < -0.3 is 30.0 Å². The molecule has 3 fully saturated rings. The third-order valence-electron chi connectivity index (χ3n) is 9.71. The fourth-order valence-corrected chi connectivity index (χ4v) is 7.28. The molecule has 0 unspecified atom stereocenters. The summed E-state index contributed by atoms with van der Waals surface area (Å²) in [4.78, 5) is 47.1. The number of nitrogens with zero attached hydrogens (tertiary/aromatic N) is 5. The van der Waals surface area contributed by atoms with Crippen molar-refractivity contribution in [1.29, 1.82) is 0 Å². The number of pyridine rings is 1. The van der Waals surface area contributed by atoms with Crippen LogP contribution in [0.5, 0.6) is 0 Å². The van der Waals surface area contributed by atoms with E-state index in [1.165, 1.54) is 0 Å². The van der Waals surface area contributed by atoms with Crippen molar-refractivity contribution in [1.82, 2.24) is 30.2 Å². The Hall–Kier alpha value is -4.55. The highest BCUT2D eigenvalue weighted by molar-refractivity contribution is 6.03. The Morgan fingerprint density at radius 2 is 1.84 bits per heavy atom. The molecule has 6 heterocycles. The SMILES string of the molecule is CC(C)(C)OC(=O)N[C@@H]1CCCN(Cc2ccnc(C(=O)Nc3ccc(-c4cc5c(N6CCC7(CCCO7)CC6)ncnc5[nH]4)cc3)c2)C1. The molecule has 2 amide bonds. The molecule has 4 aromatic rings. The van der Waals surface area contributed by atoms with E-state index < -0.39 is 5.60 Å². The Bertz CT molecular complexity index is 1780. The largest absolute Gasteiger partial charge is 0.444 e. The van der Waals surface area contributed by atoms with Crippen molar-refractivity contribution in [3.63, 3.8) is 0 Å². The van der Waals surface area contributed by atoms with Gasteiger partial charge in [0.1, 0.15) is 29.1 Å². The van der Waals surface area contributed by atoms with Gasteiger partial charge in [-0.25, -0.2) is 14.8 Å². The second-order valence-corrected chi connectivity index (χ2v) is 14.6. The van der Waals surface area contributed by atoms with E-state index >= 15 is 0 Å². The van der Waals surface area contributed by atoms with Crippen LogP contribution in [0.1, 0.15) is 75.3 Å². The van der Waals surface area contributed by atoms with Crippen molar-refractivity contribution in [3.05, 3.63) is 66.2 Å². The fraction of sp³-hybridized carbons (Fsp3) is 0.486. The summed E-state index contributed by atoms with van der Waals surface area (Å²) in [6.07, 6.45) is 9.15. The molecule has 3 N–H and O–H groups in total. The van der Waals surface area contributed by atoms with Crippen molar-refractivity contribution in [2.45, 2.75) is 83.1 Å². The number of fused-ring (bicyclic) bond motifs is 1. The number of anilines is 2. The van der Waals surface area contributed by atoms with E-state index in [9.17, 15) is 9.59 Å². The number of piperidine rings is 2. The molecular weight excluding hydrogens is 620 g/mol. The first kappa shape index (κ1) is 33.0. The van der Waals surface area contributed by atoms with E-state index in [1.807, 2.05) is 57.2 Å². The molecule has 0 aliphatic carbocycles. The third-order valence-corrected chi connectivity index (χ3v) is 9.71. The molecule has 3 aliphatic heterocycles. The summed E-state index contributed by atoms with van der Waals surface area (Å²) in [7, 11) is 0. The van der Waals surface area contributed by atoms with Gasteiger partial charge in [-0.3, -0.25) is 14.7 Å². The first-order valence-corrected chi connectivity index (χ1v) is 17.4. The van der Waals surface area contributed by atoms with E-state index in [2.05, 4.69) is 46.4 Å². The first-order valence-electron chi connectivity index (χ1n) is 17.4.